The number of hydrogen-bond donors (Lipinski definition) is 4. The fourth-order valence-electron chi connectivity index (χ4n) is 4.28. The van der Waals surface area contributed by atoms with Crippen LogP contribution in [0, 0.1) is 11.8 Å². The van der Waals surface area contributed by atoms with E-state index in [1.807, 2.05) is 81.4 Å². The van der Waals surface area contributed by atoms with Gasteiger partial charge in [-0.3, -0.25) is 19.2 Å². The standard InChI is InChI=1S/C31H42N4O6/c1-5-21(4)27(28(37)30(39)33-24(18-26(32)36)17-22-12-8-6-9-13-22)35-29(38)25(16-20(2)3)34-31(40)41-19-23-14-10-7-11-15-23/h6-15,20-21,24-25,27H,5,16-19H2,1-4H3,(H2,32,36)(H,33,39)(H,34,40)(H,35,38). The first-order valence-corrected chi connectivity index (χ1v) is 13.9. The normalized spacial score (nSPS) is 13.8. The molecule has 0 aromatic heterocycles. The van der Waals surface area contributed by atoms with Crippen molar-refractivity contribution >= 4 is 29.6 Å². The molecule has 0 aliphatic rings. The van der Waals surface area contributed by atoms with Crippen molar-refractivity contribution in [1.82, 2.24) is 16.0 Å². The molecule has 0 aliphatic heterocycles. The minimum absolute atomic E-state index is 0.0340. The number of rotatable bonds is 16. The lowest BCUT2D eigenvalue weighted by atomic mass is 9.93. The highest BCUT2D eigenvalue weighted by atomic mass is 16.5. The van der Waals surface area contributed by atoms with Gasteiger partial charge in [0.2, 0.25) is 17.6 Å². The average Bonchev–Trinajstić information content (AvgIpc) is 2.94. The number of hydrogen-bond acceptors (Lipinski definition) is 6. The Balaban J connectivity index is 2.11. The Morgan fingerprint density at radius 3 is 1.95 bits per heavy atom. The maximum absolute atomic E-state index is 13.3. The number of carbonyl (C=O) groups excluding carboxylic acids is 5. The highest BCUT2D eigenvalue weighted by Gasteiger charge is 2.34. The first kappa shape index (κ1) is 33.0. The van der Waals surface area contributed by atoms with Crippen LogP contribution in [-0.2, 0) is 36.9 Å². The number of nitrogens with one attached hydrogen (secondary N) is 3. The number of alkyl carbamates (subject to hydrolysis) is 1. The topological polar surface area (TPSA) is 157 Å². The van der Waals surface area contributed by atoms with E-state index >= 15 is 0 Å². The number of carbonyl (C=O) groups is 5. The highest BCUT2D eigenvalue weighted by molar-refractivity contribution is 6.38. The van der Waals surface area contributed by atoms with Gasteiger partial charge in [-0.25, -0.2) is 4.79 Å². The van der Waals surface area contributed by atoms with Crippen LogP contribution in [0.5, 0.6) is 0 Å². The van der Waals surface area contributed by atoms with Crippen LogP contribution in [-0.4, -0.2) is 47.7 Å². The third-order valence-electron chi connectivity index (χ3n) is 6.65. The summed E-state index contributed by atoms with van der Waals surface area (Å²) in [6.45, 7) is 7.42. The number of ether oxygens (including phenoxy) is 1. The van der Waals surface area contributed by atoms with Gasteiger partial charge >= 0.3 is 6.09 Å². The first-order chi connectivity index (χ1) is 19.5. The molecule has 10 heteroatoms. The molecule has 0 aliphatic carbocycles. The van der Waals surface area contributed by atoms with Crippen LogP contribution in [0.15, 0.2) is 60.7 Å². The molecule has 0 saturated heterocycles. The molecule has 4 unspecified atom stereocenters. The van der Waals surface area contributed by atoms with Crippen molar-refractivity contribution in [2.45, 2.75) is 78.1 Å². The first-order valence-electron chi connectivity index (χ1n) is 13.9. The van der Waals surface area contributed by atoms with Gasteiger partial charge in [-0.2, -0.15) is 0 Å². The molecule has 10 nitrogen and oxygen atoms in total. The molecule has 4 amide bonds. The quantitative estimate of drug-likeness (QED) is 0.229. The van der Waals surface area contributed by atoms with E-state index in [2.05, 4.69) is 16.0 Å². The maximum Gasteiger partial charge on any atom is 0.408 e. The lowest BCUT2D eigenvalue weighted by Crippen LogP contribution is -2.57. The monoisotopic (exact) mass is 566 g/mol. The predicted octanol–water partition coefficient (Wildman–Crippen LogP) is 3.03. The zero-order chi connectivity index (χ0) is 30.4. The van der Waals surface area contributed by atoms with Crippen molar-refractivity contribution in [1.29, 1.82) is 0 Å². The summed E-state index contributed by atoms with van der Waals surface area (Å²) < 4.78 is 5.27. The van der Waals surface area contributed by atoms with Crippen LogP contribution < -0.4 is 21.7 Å². The lowest BCUT2D eigenvalue weighted by molar-refractivity contribution is -0.141. The van der Waals surface area contributed by atoms with Crippen LogP contribution in [0.3, 0.4) is 0 Å². The van der Waals surface area contributed by atoms with E-state index in [9.17, 15) is 24.0 Å². The van der Waals surface area contributed by atoms with Crippen molar-refractivity contribution in [2.75, 3.05) is 0 Å². The molecular weight excluding hydrogens is 524 g/mol. The highest BCUT2D eigenvalue weighted by Crippen LogP contribution is 2.13. The fraction of sp³-hybridized carbons (Fsp3) is 0.452. The summed E-state index contributed by atoms with van der Waals surface area (Å²) >= 11 is 0. The van der Waals surface area contributed by atoms with Gasteiger partial charge in [-0.05, 0) is 35.8 Å². The third-order valence-corrected chi connectivity index (χ3v) is 6.65. The van der Waals surface area contributed by atoms with Crippen molar-refractivity contribution in [3.8, 4) is 0 Å². The van der Waals surface area contributed by atoms with Gasteiger partial charge in [0.25, 0.3) is 5.91 Å². The van der Waals surface area contributed by atoms with Crippen molar-refractivity contribution < 1.29 is 28.7 Å². The van der Waals surface area contributed by atoms with E-state index in [0.29, 0.717) is 12.8 Å². The van der Waals surface area contributed by atoms with E-state index < -0.39 is 47.7 Å². The summed E-state index contributed by atoms with van der Waals surface area (Å²) in [4.78, 5) is 63.9. The lowest BCUT2D eigenvalue weighted by Gasteiger charge is -2.27. The van der Waals surface area contributed by atoms with Crippen molar-refractivity contribution in [2.24, 2.45) is 17.6 Å². The minimum Gasteiger partial charge on any atom is -0.445 e. The van der Waals surface area contributed by atoms with Gasteiger partial charge in [-0.15, -0.1) is 0 Å². The summed E-state index contributed by atoms with van der Waals surface area (Å²) in [5, 5.41) is 7.90. The van der Waals surface area contributed by atoms with E-state index in [0.717, 1.165) is 11.1 Å². The van der Waals surface area contributed by atoms with E-state index in [4.69, 9.17) is 10.5 Å². The number of Topliss-reactive ketones (excluding diaryl/α,β-unsaturated/α-hetero) is 1. The molecule has 222 valence electrons. The van der Waals surface area contributed by atoms with Gasteiger partial charge in [-0.1, -0.05) is 94.8 Å². The van der Waals surface area contributed by atoms with Crippen molar-refractivity contribution in [3.05, 3.63) is 71.8 Å². The van der Waals surface area contributed by atoms with Gasteiger partial charge in [0, 0.05) is 12.5 Å². The average molecular weight is 567 g/mol. The van der Waals surface area contributed by atoms with E-state index in [-0.39, 0.29) is 31.3 Å². The SMILES string of the molecule is CCC(C)C(NC(=O)C(CC(C)C)NC(=O)OCc1ccccc1)C(=O)C(=O)NC(CC(N)=O)Cc1ccccc1. The van der Waals surface area contributed by atoms with E-state index in [1.165, 1.54) is 0 Å². The molecule has 0 saturated carbocycles. The van der Waals surface area contributed by atoms with Crippen LogP contribution in [0.2, 0.25) is 0 Å². The second-order valence-corrected chi connectivity index (χ2v) is 10.7. The zero-order valence-electron chi connectivity index (χ0n) is 24.2. The fourth-order valence-corrected chi connectivity index (χ4v) is 4.28. The van der Waals surface area contributed by atoms with Gasteiger partial charge < -0.3 is 26.4 Å². The largest absolute Gasteiger partial charge is 0.445 e. The van der Waals surface area contributed by atoms with E-state index in [1.54, 1.807) is 6.92 Å². The Kier molecular flexibility index (Phi) is 13.5. The Hall–Kier alpha value is -4.21. The summed E-state index contributed by atoms with van der Waals surface area (Å²) in [5.74, 6) is -3.33. The molecule has 5 N–H and O–H groups in total. The Bertz CT molecular complexity index is 1160. The molecule has 0 fully saturated rings. The maximum atomic E-state index is 13.3. The van der Waals surface area contributed by atoms with Crippen LogP contribution >= 0.6 is 0 Å². The molecule has 0 heterocycles. The minimum atomic E-state index is -1.14. The number of benzene rings is 2. The molecule has 0 bridgehead atoms. The number of amides is 4. The van der Waals surface area contributed by atoms with Crippen LogP contribution in [0.1, 0.15) is 58.1 Å². The smallest absolute Gasteiger partial charge is 0.408 e. The van der Waals surface area contributed by atoms with Crippen molar-refractivity contribution in [3.63, 3.8) is 0 Å². The number of ketones is 1. The Labute approximate surface area is 241 Å². The second-order valence-electron chi connectivity index (χ2n) is 10.7. The Morgan fingerprint density at radius 1 is 0.829 bits per heavy atom. The molecule has 0 radical (unpaired) electrons. The van der Waals surface area contributed by atoms with Crippen LogP contribution in [0.4, 0.5) is 4.79 Å². The number of primary amides is 1. The molecule has 41 heavy (non-hydrogen) atoms. The molecule has 2 aromatic carbocycles. The summed E-state index contributed by atoms with van der Waals surface area (Å²) in [7, 11) is 0. The predicted molar refractivity (Wildman–Crippen MR) is 155 cm³/mol. The van der Waals surface area contributed by atoms with Crippen LogP contribution in [0.25, 0.3) is 0 Å². The molecule has 4 atom stereocenters. The summed E-state index contributed by atoms with van der Waals surface area (Å²) in [6, 6.07) is 15.5. The number of nitrogens with two attached hydrogens (primary N) is 1. The summed E-state index contributed by atoms with van der Waals surface area (Å²) in [6.07, 6.45) is 0.167. The Morgan fingerprint density at radius 2 is 1.41 bits per heavy atom. The second kappa shape index (κ2) is 16.8. The van der Waals surface area contributed by atoms with Gasteiger partial charge in [0.1, 0.15) is 12.6 Å². The molecule has 2 rings (SSSR count). The van der Waals surface area contributed by atoms with Gasteiger partial charge in [0.05, 0.1) is 6.04 Å². The molecule has 2 aromatic rings. The summed E-state index contributed by atoms with van der Waals surface area (Å²) in [5.41, 5.74) is 7.04. The zero-order valence-corrected chi connectivity index (χ0v) is 24.2. The third kappa shape index (κ3) is 11.8. The molecular formula is C31H42N4O6. The molecule has 0 spiro atoms. The van der Waals surface area contributed by atoms with Gasteiger partial charge in [0.15, 0.2) is 0 Å².